The number of alkyl halides is 3. The number of rotatable bonds is 2. The van der Waals surface area contributed by atoms with Crippen LogP contribution in [-0.2, 0) is 4.79 Å². The van der Waals surface area contributed by atoms with Crippen LogP contribution in [-0.4, -0.2) is 45.0 Å². The highest BCUT2D eigenvalue weighted by molar-refractivity contribution is 5.73. The number of carboxylic acid groups (broad SMARTS) is 1. The van der Waals surface area contributed by atoms with E-state index < -0.39 is 17.1 Å². The van der Waals surface area contributed by atoms with E-state index in [-0.39, 0.29) is 11.7 Å². The molecule has 124 valence electrons. The van der Waals surface area contributed by atoms with E-state index in [1.807, 2.05) is 0 Å². The molecule has 1 aromatic heterocycles. The van der Waals surface area contributed by atoms with Crippen molar-refractivity contribution < 1.29 is 28.0 Å². The first-order valence-electron chi connectivity index (χ1n) is 6.32. The number of carboxylic acids is 1. The summed E-state index contributed by atoms with van der Waals surface area (Å²) in [5.41, 5.74) is 0.0701. The number of hydrogen-bond acceptors (Lipinski definition) is 5. The van der Waals surface area contributed by atoms with Crippen molar-refractivity contribution in [3.8, 4) is 0 Å². The predicted molar refractivity (Wildman–Crippen MR) is 68.3 cm³/mol. The van der Waals surface area contributed by atoms with Gasteiger partial charge in [-0.25, -0.2) is 4.79 Å². The Morgan fingerprint density at radius 2 is 2.18 bits per heavy atom. The van der Waals surface area contributed by atoms with E-state index in [4.69, 9.17) is 9.90 Å². The third-order valence-electron chi connectivity index (χ3n) is 3.12. The molecule has 0 amide bonds. The lowest BCUT2D eigenvalue weighted by Gasteiger charge is -2.29. The van der Waals surface area contributed by atoms with E-state index in [0.717, 1.165) is 19.5 Å². The Kier molecular flexibility index (Phi) is 5.85. The number of nitrogens with zero attached hydrogens (tertiary/aromatic N) is 3. The van der Waals surface area contributed by atoms with Gasteiger partial charge in [0.1, 0.15) is 12.4 Å². The number of nitro groups is 1. The first-order chi connectivity index (χ1) is 10.1. The summed E-state index contributed by atoms with van der Waals surface area (Å²) in [6.45, 7) is 4.02. The average Bonchev–Trinajstić information content (AvgIpc) is 2.88. The zero-order chi connectivity index (χ0) is 16.9. The van der Waals surface area contributed by atoms with Gasteiger partial charge < -0.3 is 10.4 Å². The summed E-state index contributed by atoms with van der Waals surface area (Å²) in [7, 11) is 0. The molecule has 1 aliphatic rings. The average molecular weight is 324 g/mol. The van der Waals surface area contributed by atoms with E-state index in [1.54, 1.807) is 4.68 Å². The molecule has 1 aromatic rings. The normalized spacial score (nSPS) is 21.6. The first kappa shape index (κ1) is 17.9. The van der Waals surface area contributed by atoms with Gasteiger partial charge in [0, 0.05) is 0 Å². The molecule has 0 bridgehead atoms. The van der Waals surface area contributed by atoms with Gasteiger partial charge in [0.05, 0.1) is 11.0 Å². The second-order valence-corrected chi connectivity index (χ2v) is 4.78. The lowest BCUT2D eigenvalue weighted by Crippen LogP contribution is -2.36. The van der Waals surface area contributed by atoms with Crippen LogP contribution >= 0.6 is 0 Å². The summed E-state index contributed by atoms with van der Waals surface area (Å²) in [5.74, 6) is -2.30. The van der Waals surface area contributed by atoms with Crippen LogP contribution in [0, 0.1) is 16.0 Å². The number of hydrogen-bond donors (Lipinski definition) is 2. The number of carbonyl (C=O) groups is 1. The molecule has 1 fully saturated rings. The molecule has 2 heterocycles. The maximum atomic E-state index is 10.6. The molecule has 8 nitrogen and oxygen atoms in total. The quantitative estimate of drug-likeness (QED) is 0.631. The van der Waals surface area contributed by atoms with Gasteiger partial charge in [-0.2, -0.15) is 18.3 Å². The Labute approximate surface area is 123 Å². The van der Waals surface area contributed by atoms with Gasteiger partial charge in [-0.15, -0.1) is 0 Å². The van der Waals surface area contributed by atoms with E-state index in [9.17, 15) is 23.3 Å². The maximum Gasteiger partial charge on any atom is 0.490 e. The number of aromatic nitrogens is 2. The van der Waals surface area contributed by atoms with Crippen LogP contribution in [0.25, 0.3) is 0 Å². The Bertz CT molecular complexity index is 532. The molecule has 11 heteroatoms. The number of piperidine rings is 1. The molecule has 0 radical (unpaired) electrons. The lowest BCUT2D eigenvalue weighted by atomic mass is 9.96. The SMILES string of the molecule is C[C@@H]1CNCC[C@@H]1n1cc([N+](=O)[O-])cn1.O=C(O)C(F)(F)F. The number of nitrogens with one attached hydrogen (secondary N) is 1. The van der Waals surface area contributed by atoms with Crippen LogP contribution in [0.3, 0.4) is 0 Å². The van der Waals surface area contributed by atoms with E-state index in [0.29, 0.717) is 5.92 Å². The minimum absolute atomic E-state index is 0.0701. The minimum atomic E-state index is -5.08. The van der Waals surface area contributed by atoms with Crippen molar-refractivity contribution >= 4 is 11.7 Å². The van der Waals surface area contributed by atoms with Crippen molar-refractivity contribution in [2.75, 3.05) is 13.1 Å². The molecular formula is C11H15F3N4O4. The van der Waals surface area contributed by atoms with Crippen molar-refractivity contribution in [3.05, 3.63) is 22.5 Å². The predicted octanol–water partition coefficient (Wildman–Crippen LogP) is 1.60. The standard InChI is InChI=1S/C9H14N4O2.C2HF3O2/c1-7-4-10-3-2-9(7)12-6-8(5-11-12)13(14)15;3-2(4,5)1(6)7/h5-7,9-10H,2-4H2,1H3;(H,6,7)/t7-,9+;/m1./s1. The highest BCUT2D eigenvalue weighted by Crippen LogP contribution is 2.25. The van der Waals surface area contributed by atoms with Gasteiger partial charge in [0.2, 0.25) is 0 Å². The highest BCUT2D eigenvalue weighted by atomic mass is 19.4. The monoisotopic (exact) mass is 324 g/mol. The largest absolute Gasteiger partial charge is 0.490 e. The third-order valence-corrected chi connectivity index (χ3v) is 3.12. The summed E-state index contributed by atoms with van der Waals surface area (Å²) in [6.07, 6.45) is -1.28. The Morgan fingerprint density at radius 3 is 2.59 bits per heavy atom. The fraction of sp³-hybridized carbons (Fsp3) is 0.636. The first-order valence-corrected chi connectivity index (χ1v) is 6.32. The molecule has 1 saturated heterocycles. The van der Waals surface area contributed by atoms with Crippen molar-refractivity contribution in [1.29, 1.82) is 0 Å². The molecule has 1 aliphatic heterocycles. The van der Waals surface area contributed by atoms with E-state index in [1.165, 1.54) is 12.4 Å². The van der Waals surface area contributed by atoms with Gasteiger partial charge in [0.15, 0.2) is 0 Å². The smallest absolute Gasteiger partial charge is 0.475 e. The van der Waals surface area contributed by atoms with Crippen LogP contribution in [0.5, 0.6) is 0 Å². The van der Waals surface area contributed by atoms with Crippen molar-refractivity contribution in [3.63, 3.8) is 0 Å². The zero-order valence-corrected chi connectivity index (χ0v) is 11.6. The fourth-order valence-electron chi connectivity index (χ4n) is 2.00. The number of halogens is 3. The molecule has 0 aliphatic carbocycles. The second-order valence-electron chi connectivity index (χ2n) is 4.78. The van der Waals surface area contributed by atoms with Gasteiger partial charge in [-0.05, 0) is 25.4 Å². The van der Waals surface area contributed by atoms with Crippen LogP contribution in [0.15, 0.2) is 12.4 Å². The molecule has 0 spiro atoms. The van der Waals surface area contributed by atoms with Crippen LogP contribution in [0.2, 0.25) is 0 Å². The highest BCUT2D eigenvalue weighted by Gasteiger charge is 2.38. The van der Waals surface area contributed by atoms with Gasteiger partial charge in [-0.1, -0.05) is 6.92 Å². The van der Waals surface area contributed by atoms with Crippen LogP contribution in [0.4, 0.5) is 18.9 Å². The third kappa shape index (κ3) is 4.98. The molecule has 0 saturated carbocycles. The minimum Gasteiger partial charge on any atom is -0.475 e. The zero-order valence-electron chi connectivity index (χ0n) is 11.6. The Balaban J connectivity index is 0.000000295. The fourth-order valence-corrected chi connectivity index (χ4v) is 2.00. The van der Waals surface area contributed by atoms with Crippen molar-refractivity contribution in [2.24, 2.45) is 5.92 Å². The number of aliphatic carboxylic acids is 1. The van der Waals surface area contributed by atoms with Gasteiger partial charge >= 0.3 is 17.8 Å². The maximum absolute atomic E-state index is 10.6. The molecule has 2 N–H and O–H groups in total. The van der Waals surface area contributed by atoms with E-state index >= 15 is 0 Å². The molecule has 22 heavy (non-hydrogen) atoms. The van der Waals surface area contributed by atoms with Gasteiger partial charge in [-0.3, -0.25) is 14.8 Å². The lowest BCUT2D eigenvalue weighted by molar-refractivity contribution is -0.385. The second kappa shape index (κ2) is 7.20. The molecule has 2 atom stereocenters. The van der Waals surface area contributed by atoms with Crippen molar-refractivity contribution in [2.45, 2.75) is 25.6 Å². The summed E-state index contributed by atoms with van der Waals surface area (Å²) >= 11 is 0. The van der Waals surface area contributed by atoms with Crippen LogP contribution < -0.4 is 5.32 Å². The molecular weight excluding hydrogens is 309 g/mol. The summed E-state index contributed by atoms with van der Waals surface area (Å²) in [5, 5.41) is 25.0. The molecule has 0 aromatic carbocycles. The summed E-state index contributed by atoms with van der Waals surface area (Å²) < 4.78 is 33.5. The van der Waals surface area contributed by atoms with E-state index in [2.05, 4.69) is 17.3 Å². The van der Waals surface area contributed by atoms with Crippen molar-refractivity contribution in [1.82, 2.24) is 15.1 Å². The Morgan fingerprint density at radius 1 is 1.59 bits per heavy atom. The summed E-state index contributed by atoms with van der Waals surface area (Å²) in [4.78, 5) is 19.0. The van der Waals surface area contributed by atoms with Gasteiger partial charge in [0.25, 0.3) is 0 Å². The van der Waals surface area contributed by atoms with Crippen LogP contribution in [0.1, 0.15) is 19.4 Å². The molecule has 2 rings (SSSR count). The Hall–Kier alpha value is -2.17. The summed E-state index contributed by atoms with van der Waals surface area (Å²) in [6, 6.07) is 0.278. The molecule has 0 unspecified atom stereocenters. The topological polar surface area (TPSA) is 110 Å².